The van der Waals surface area contributed by atoms with Crippen LogP contribution in [0, 0.1) is 17.6 Å². The number of amides is 1. The van der Waals surface area contributed by atoms with Gasteiger partial charge in [0.15, 0.2) is 11.6 Å². The Kier molecular flexibility index (Phi) is 6.63. The molecule has 0 spiro atoms. The van der Waals surface area contributed by atoms with E-state index in [1.165, 1.54) is 38.1 Å². The zero-order chi connectivity index (χ0) is 21.8. The van der Waals surface area contributed by atoms with Gasteiger partial charge in [0, 0.05) is 44.2 Å². The zero-order valence-electron chi connectivity index (χ0n) is 17.8. The molecule has 0 unspecified atom stereocenters. The second-order valence-electron chi connectivity index (χ2n) is 8.46. The minimum atomic E-state index is -0.977. The number of carbonyl (C=O) groups is 1. The molecule has 8 heteroatoms. The van der Waals surface area contributed by atoms with Gasteiger partial charge in [-0.2, -0.15) is 0 Å². The fourth-order valence-corrected chi connectivity index (χ4v) is 4.53. The first-order valence-corrected chi connectivity index (χ1v) is 11.0. The molecule has 166 valence electrons. The molecular formula is C23H28F2N4O2. The Bertz CT molecular complexity index is 920. The highest BCUT2D eigenvalue weighted by Crippen LogP contribution is 2.29. The number of rotatable bonds is 6. The van der Waals surface area contributed by atoms with Crippen molar-refractivity contribution in [3.63, 3.8) is 0 Å². The van der Waals surface area contributed by atoms with Gasteiger partial charge >= 0.3 is 0 Å². The Morgan fingerprint density at radius 2 is 1.94 bits per heavy atom. The lowest BCUT2D eigenvalue weighted by molar-refractivity contribution is -0.133. The van der Waals surface area contributed by atoms with Gasteiger partial charge in [-0.15, -0.1) is 0 Å². The van der Waals surface area contributed by atoms with E-state index in [9.17, 15) is 13.6 Å². The number of hydrogen-bond donors (Lipinski definition) is 0. The molecule has 1 aromatic heterocycles. The van der Waals surface area contributed by atoms with Gasteiger partial charge in [0.2, 0.25) is 11.8 Å². The number of carbonyl (C=O) groups excluding carboxylic acids is 1. The average Bonchev–Trinajstić information content (AvgIpc) is 3.28. The molecule has 1 aliphatic carbocycles. The summed E-state index contributed by atoms with van der Waals surface area (Å²) in [5.41, 5.74) is 0. The first kappa shape index (κ1) is 21.5. The van der Waals surface area contributed by atoms with Crippen LogP contribution >= 0.6 is 0 Å². The number of benzene rings is 1. The molecule has 0 radical (unpaired) electrons. The van der Waals surface area contributed by atoms with Gasteiger partial charge in [0.05, 0.1) is 0 Å². The predicted octanol–water partition coefficient (Wildman–Crippen LogP) is 4.55. The average molecular weight is 430 g/mol. The molecule has 1 aliphatic heterocycles. The van der Waals surface area contributed by atoms with Crippen molar-refractivity contribution in [2.24, 2.45) is 5.92 Å². The van der Waals surface area contributed by atoms with Crippen LogP contribution < -0.4 is 9.64 Å². The van der Waals surface area contributed by atoms with Crippen LogP contribution in [0.5, 0.6) is 11.6 Å². The van der Waals surface area contributed by atoms with Crippen molar-refractivity contribution in [3.05, 3.63) is 42.2 Å². The van der Waals surface area contributed by atoms with Gasteiger partial charge < -0.3 is 14.5 Å². The molecule has 2 heterocycles. The Balaban J connectivity index is 1.34. The van der Waals surface area contributed by atoms with Crippen LogP contribution in [0.25, 0.3) is 0 Å². The summed E-state index contributed by atoms with van der Waals surface area (Å²) in [5.74, 6) is 0.138. The van der Waals surface area contributed by atoms with Crippen LogP contribution in [0.3, 0.4) is 0 Å². The molecule has 2 fully saturated rings. The van der Waals surface area contributed by atoms with E-state index in [-0.39, 0.29) is 23.6 Å². The molecule has 2 aromatic rings. The van der Waals surface area contributed by atoms with E-state index in [2.05, 4.69) is 21.8 Å². The highest BCUT2D eigenvalue weighted by atomic mass is 19.2. The summed E-state index contributed by atoms with van der Waals surface area (Å²) in [6, 6.07) is 5.09. The van der Waals surface area contributed by atoms with Crippen LogP contribution in [0.15, 0.2) is 30.6 Å². The maximum absolute atomic E-state index is 13.4. The van der Waals surface area contributed by atoms with E-state index in [0.717, 1.165) is 24.5 Å². The Morgan fingerprint density at radius 1 is 1.13 bits per heavy atom. The molecule has 1 saturated heterocycles. The van der Waals surface area contributed by atoms with E-state index in [4.69, 9.17) is 4.74 Å². The van der Waals surface area contributed by atoms with E-state index in [1.807, 2.05) is 4.90 Å². The minimum Gasteiger partial charge on any atom is -0.439 e. The number of ether oxygens (including phenoxy) is 1. The number of anilines is 1. The molecule has 0 bridgehead atoms. The van der Waals surface area contributed by atoms with Crippen molar-refractivity contribution >= 4 is 11.7 Å². The molecular weight excluding hydrogens is 402 g/mol. The van der Waals surface area contributed by atoms with Crippen molar-refractivity contribution < 1.29 is 18.3 Å². The lowest BCUT2D eigenvalue weighted by Gasteiger charge is -2.40. The summed E-state index contributed by atoms with van der Waals surface area (Å²) >= 11 is 0. The second kappa shape index (κ2) is 9.58. The number of halogens is 2. The normalized spacial score (nSPS) is 19.6. The third kappa shape index (κ3) is 5.29. The summed E-state index contributed by atoms with van der Waals surface area (Å²) in [6.07, 6.45) is 8.15. The molecule has 1 amide bonds. The van der Waals surface area contributed by atoms with Crippen LogP contribution in [-0.2, 0) is 4.79 Å². The molecule has 1 aromatic carbocycles. The van der Waals surface area contributed by atoms with Gasteiger partial charge in [-0.1, -0.05) is 25.7 Å². The van der Waals surface area contributed by atoms with Gasteiger partial charge in [-0.25, -0.2) is 18.7 Å². The van der Waals surface area contributed by atoms with E-state index < -0.39 is 11.6 Å². The fraction of sp³-hybridized carbons (Fsp3) is 0.522. The molecule has 1 saturated carbocycles. The first-order valence-electron chi connectivity index (χ1n) is 11.0. The van der Waals surface area contributed by atoms with E-state index >= 15 is 0 Å². The van der Waals surface area contributed by atoms with Gasteiger partial charge in [-0.3, -0.25) is 4.79 Å². The lowest BCUT2D eigenvalue weighted by Crippen LogP contribution is -2.54. The van der Waals surface area contributed by atoms with Gasteiger partial charge in [-0.05, 0) is 31.4 Å². The minimum absolute atomic E-state index is 0.0790. The Morgan fingerprint density at radius 3 is 2.68 bits per heavy atom. The smallest absolute Gasteiger partial charge is 0.224 e. The van der Waals surface area contributed by atoms with Gasteiger partial charge in [0.1, 0.15) is 17.9 Å². The largest absolute Gasteiger partial charge is 0.439 e. The standard InChI is InChI=1S/C23H28F2N4O2/c1-16-14-28(10-11-29(16)23(30)9-6-17-4-2-3-5-17)21-13-22(27-15-26-21)31-18-7-8-19(24)20(25)12-18/h7-8,12-13,15-17H,2-6,9-11,14H2,1H3/t16-/m1/s1. The maximum atomic E-state index is 13.4. The topological polar surface area (TPSA) is 58.6 Å². The SMILES string of the molecule is C[C@@H]1CN(c2cc(Oc3ccc(F)c(F)c3)ncn2)CCN1C(=O)CCC1CCCC1. The van der Waals surface area contributed by atoms with Crippen molar-refractivity contribution in [1.82, 2.24) is 14.9 Å². The van der Waals surface area contributed by atoms with E-state index in [1.54, 1.807) is 6.07 Å². The van der Waals surface area contributed by atoms with Crippen LogP contribution in [0.4, 0.5) is 14.6 Å². The summed E-state index contributed by atoms with van der Waals surface area (Å²) in [6.45, 7) is 4.03. The molecule has 2 aliphatic rings. The summed E-state index contributed by atoms with van der Waals surface area (Å²) < 4.78 is 32.1. The highest BCUT2D eigenvalue weighted by Gasteiger charge is 2.28. The molecule has 1 atom stereocenters. The van der Waals surface area contributed by atoms with Crippen molar-refractivity contribution in [2.75, 3.05) is 24.5 Å². The predicted molar refractivity (Wildman–Crippen MR) is 113 cm³/mol. The Hall–Kier alpha value is -2.77. The fourth-order valence-electron chi connectivity index (χ4n) is 4.53. The highest BCUT2D eigenvalue weighted by molar-refractivity contribution is 5.77. The number of aromatic nitrogens is 2. The molecule has 6 nitrogen and oxygen atoms in total. The van der Waals surface area contributed by atoms with Gasteiger partial charge in [0.25, 0.3) is 0 Å². The molecule has 0 N–H and O–H groups in total. The monoisotopic (exact) mass is 430 g/mol. The summed E-state index contributed by atoms with van der Waals surface area (Å²) in [7, 11) is 0. The summed E-state index contributed by atoms with van der Waals surface area (Å²) in [5, 5.41) is 0. The van der Waals surface area contributed by atoms with E-state index in [0.29, 0.717) is 31.9 Å². The number of nitrogens with zero attached hydrogens (tertiary/aromatic N) is 4. The summed E-state index contributed by atoms with van der Waals surface area (Å²) in [4.78, 5) is 25.2. The van der Waals surface area contributed by atoms with Crippen LogP contribution in [0.1, 0.15) is 45.4 Å². The molecule has 31 heavy (non-hydrogen) atoms. The van der Waals surface area contributed by atoms with Crippen molar-refractivity contribution in [2.45, 2.75) is 51.5 Å². The molecule has 4 rings (SSSR count). The second-order valence-corrected chi connectivity index (χ2v) is 8.46. The van der Waals surface area contributed by atoms with Crippen LogP contribution in [-0.4, -0.2) is 46.5 Å². The Labute approximate surface area is 181 Å². The maximum Gasteiger partial charge on any atom is 0.224 e. The third-order valence-corrected chi connectivity index (χ3v) is 6.25. The zero-order valence-corrected chi connectivity index (χ0v) is 17.8. The third-order valence-electron chi connectivity index (χ3n) is 6.25. The van der Waals surface area contributed by atoms with Crippen molar-refractivity contribution in [1.29, 1.82) is 0 Å². The lowest BCUT2D eigenvalue weighted by atomic mass is 10.0. The number of piperazine rings is 1. The quantitative estimate of drug-likeness (QED) is 0.673. The number of hydrogen-bond acceptors (Lipinski definition) is 5. The van der Waals surface area contributed by atoms with Crippen LogP contribution in [0.2, 0.25) is 0 Å². The first-order chi connectivity index (χ1) is 15.0. The van der Waals surface area contributed by atoms with Crippen molar-refractivity contribution in [3.8, 4) is 11.6 Å².